The van der Waals surface area contributed by atoms with Crippen LogP contribution in [0.1, 0.15) is 55.5 Å². The SMILES string of the molecule is CCCCNC(=O)c1cc(OC)cc2c(C(C)C)ccnc12. The number of fused-ring (bicyclic) bond motifs is 1. The summed E-state index contributed by atoms with van der Waals surface area (Å²) < 4.78 is 5.37. The Morgan fingerprint density at radius 2 is 2.14 bits per heavy atom. The van der Waals surface area contributed by atoms with Crippen LogP contribution < -0.4 is 10.1 Å². The first-order valence-corrected chi connectivity index (χ1v) is 7.83. The van der Waals surface area contributed by atoms with E-state index < -0.39 is 0 Å². The summed E-state index contributed by atoms with van der Waals surface area (Å²) in [5.74, 6) is 0.947. The molecule has 1 N–H and O–H groups in total. The number of aromatic nitrogens is 1. The van der Waals surface area contributed by atoms with Crippen LogP contribution in [0.5, 0.6) is 5.75 Å². The number of nitrogens with zero attached hydrogens (tertiary/aromatic N) is 1. The van der Waals surface area contributed by atoms with Gasteiger partial charge in [0.15, 0.2) is 0 Å². The van der Waals surface area contributed by atoms with Crippen molar-refractivity contribution in [3.05, 3.63) is 35.5 Å². The van der Waals surface area contributed by atoms with Gasteiger partial charge in [-0.15, -0.1) is 0 Å². The maximum Gasteiger partial charge on any atom is 0.253 e. The number of methoxy groups -OCH3 is 1. The predicted octanol–water partition coefficient (Wildman–Crippen LogP) is 3.90. The third kappa shape index (κ3) is 3.38. The highest BCUT2D eigenvalue weighted by atomic mass is 16.5. The average Bonchev–Trinajstić information content (AvgIpc) is 2.53. The Balaban J connectivity index is 2.53. The van der Waals surface area contributed by atoms with Gasteiger partial charge in [0.1, 0.15) is 5.75 Å². The maximum atomic E-state index is 12.5. The van der Waals surface area contributed by atoms with Gasteiger partial charge in [-0.3, -0.25) is 9.78 Å². The van der Waals surface area contributed by atoms with Crippen molar-refractivity contribution in [3.8, 4) is 5.75 Å². The van der Waals surface area contributed by atoms with Gasteiger partial charge in [-0.05, 0) is 36.1 Å². The van der Waals surface area contributed by atoms with E-state index in [0.29, 0.717) is 23.8 Å². The molecule has 2 rings (SSSR count). The summed E-state index contributed by atoms with van der Waals surface area (Å²) in [6, 6.07) is 5.73. The van der Waals surface area contributed by atoms with Crippen molar-refractivity contribution in [1.29, 1.82) is 0 Å². The Labute approximate surface area is 131 Å². The van der Waals surface area contributed by atoms with E-state index in [9.17, 15) is 4.79 Å². The monoisotopic (exact) mass is 300 g/mol. The smallest absolute Gasteiger partial charge is 0.253 e. The lowest BCUT2D eigenvalue weighted by Gasteiger charge is -2.14. The molecule has 0 saturated carbocycles. The second-order valence-electron chi connectivity index (χ2n) is 5.74. The van der Waals surface area contributed by atoms with Gasteiger partial charge in [0, 0.05) is 18.1 Å². The fourth-order valence-electron chi connectivity index (χ4n) is 2.52. The standard InChI is InChI=1S/C18H24N2O2/c1-5-6-8-20-18(21)16-11-13(22-4)10-15-14(12(2)3)7-9-19-17(15)16/h7,9-12H,5-6,8H2,1-4H3,(H,20,21). The fraction of sp³-hybridized carbons (Fsp3) is 0.444. The summed E-state index contributed by atoms with van der Waals surface area (Å²) in [7, 11) is 1.62. The highest BCUT2D eigenvalue weighted by Crippen LogP contribution is 2.30. The number of hydrogen-bond donors (Lipinski definition) is 1. The first-order chi connectivity index (χ1) is 10.6. The van der Waals surface area contributed by atoms with Gasteiger partial charge in [-0.1, -0.05) is 27.2 Å². The molecule has 118 valence electrons. The highest BCUT2D eigenvalue weighted by molar-refractivity contribution is 6.06. The molecule has 1 aromatic heterocycles. The van der Waals surface area contributed by atoms with Crippen molar-refractivity contribution in [2.45, 2.75) is 39.5 Å². The molecule has 0 unspecified atom stereocenters. The van der Waals surface area contributed by atoms with E-state index in [1.54, 1.807) is 19.4 Å². The molecule has 1 aromatic carbocycles. The third-order valence-electron chi connectivity index (χ3n) is 3.77. The summed E-state index contributed by atoms with van der Waals surface area (Å²) in [6.07, 6.45) is 3.79. The van der Waals surface area contributed by atoms with Gasteiger partial charge < -0.3 is 10.1 Å². The normalized spacial score (nSPS) is 11.0. The third-order valence-corrected chi connectivity index (χ3v) is 3.77. The first kappa shape index (κ1) is 16.3. The molecule has 0 saturated heterocycles. The summed E-state index contributed by atoms with van der Waals surface area (Å²) in [5, 5.41) is 3.94. The van der Waals surface area contributed by atoms with Crippen molar-refractivity contribution < 1.29 is 9.53 Å². The molecule has 0 aliphatic rings. The molecule has 4 heteroatoms. The van der Waals surface area contributed by atoms with Crippen LogP contribution in [0.15, 0.2) is 24.4 Å². The van der Waals surface area contributed by atoms with E-state index in [2.05, 4.69) is 31.1 Å². The van der Waals surface area contributed by atoms with Crippen molar-refractivity contribution in [3.63, 3.8) is 0 Å². The second-order valence-corrected chi connectivity index (χ2v) is 5.74. The Kier molecular flexibility index (Phi) is 5.36. The lowest BCUT2D eigenvalue weighted by Crippen LogP contribution is -2.24. The van der Waals surface area contributed by atoms with Crippen LogP contribution in [-0.4, -0.2) is 24.5 Å². The molecule has 4 nitrogen and oxygen atoms in total. The van der Waals surface area contributed by atoms with E-state index >= 15 is 0 Å². The van der Waals surface area contributed by atoms with Crippen LogP contribution in [0.4, 0.5) is 0 Å². The summed E-state index contributed by atoms with van der Waals surface area (Å²) in [6.45, 7) is 7.05. The van der Waals surface area contributed by atoms with Gasteiger partial charge >= 0.3 is 0 Å². The number of rotatable bonds is 6. The molecule has 0 aliphatic heterocycles. The zero-order valence-electron chi connectivity index (χ0n) is 13.8. The molecular formula is C18H24N2O2. The Bertz CT molecular complexity index is 665. The van der Waals surface area contributed by atoms with Crippen LogP contribution >= 0.6 is 0 Å². The van der Waals surface area contributed by atoms with Crippen molar-refractivity contribution >= 4 is 16.8 Å². The van der Waals surface area contributed by atoms with Crippen LogP contribution in [0.2, 0.25) is 0 Å². The number of ether oxygens (including phenoxy) is 1. The minimum absolute atomic E-state index is 0.0919. The molecule has 1 heterocycles. The van der Waals surface area contributed by atoms with Gasteiger partial charge in [-0.25, -0.2) is 0 Å². The number of benzene rings is 1. The van der Waals surface area contributed by atoms with E-state index in [1.165, 1.54) is 5.56 Å². The number of pyridine rings is 1. The highest BCUT2D eigenvalue weighted by Gasteiger charge is 2.16. The summed E-state index contributed by atoms with van der Waals surface area (Å²) >= 11 is 0. The lowest BCUT2D eigenvalue weighted by atomic mass is 9.96. The van der Waals surface area contributed by atoms with Crippen molar-refractivity contribution in [2.24, 2.45) is 0 Å². The number of hydrogen-bond acceptors (Lipinski definition) is 3. The zero-order valence-corrected chi connectivity index (χ0v) is 13.8. The number of carbonyl (C=O) groups excluding carboxylic acids is 1. The first-order valence-electron chi connectivity index (χ1n) is 7.83. The molecule has 2 aromatic rings. The fourth-order valence-corrected chi connectivity index (χ4v) is 2.52. The number of nitrogens with one attached hydrogen (secondary N) is 1. The largest absolute Gasteiger partial charge is 0.497 e. The van der Waals surface area contributed by atoms with Gasteiger partial charge in [-0.2, -0.15) is 0 Å². The molecule has 0 fully saturated rings. The van der Waals surface area contributed by atoms with E-state index in [4.69, 9.17) is 4.74 Å². The summed E-state index contributed by atoms with van der Waals surface area (Å²) in [5.41, 5.74) is 2.49. The second kappa shape index (κ2) is 7.25. The zero-order chi connectivity index (χ0) is 16.1. The molecule has 22 heavy (non-hydrogen) atoms. The Hall–Kier alpha value is -2.10. The lowest BCUT2D eigenvalue weighted by molar-refractivity contribution is 0.0954. The maximum absolute atomic E-state index is 12.5. The minimum Gasteiger partial charge on any atom is -0.497 e. The molecule has 0 bridgehead atoms. The number of unbranched alkanes of at least 4 members (excludes halogenated alkanes) is 1. The van der Waals surface area contributed by atoms with Crippen LogP contribution in [0.3, 0.4) is 0 Å². The predicted molar refractivity (Wildman–Crippen MR) is 89.6 cm³/mol. The van der Waals surface area contributed by atoms with Crippen LogP contribution in [0, 0.1) is 0 Å². The van der Waals surface area contributed by atoms with Crippen LogP contribution in [0.25, 0.3) is 10.9 Å². The van der Waals surface area contributed by atoms with Crippen molar-refractivity contribution in [2.75, 3.05) is 13.7 Å². The molecule has 0 radical (unpaired) electrons. The Morgan fingerprint density at radius 1 is 1.36 bits per heavy atom. The minimum atomic E-state index is -0.0919. The van der Waals surface area contributed by atoms with Crippen LogP contribution in [-0.2, 0) is 0 Å². The van der Waals surface area contributed by atoms with Crippen molar-refractivity contribution in [1.82, 2.24) is 10.3 Å². The summed E-state index contributed by atoms with van der Waals surface area (Å²) in [4.78, 5) is 16.9. The van der Waals surface area contributed by atoms with Gasteiger partial charge in [0.25, 0.3) is 5.91 Å². The topological polar surface area (TPSA) is 51.2 Å². The molecule has 0 atom stereocenters. The quantitative estimate of drug-likeness (QED) is 0.823. The van der Waals surface area contributed by atoms with Gasteiger partial charge in [0.2, 0.25) is 0 Å². The average molecular weight is 300 g/mol. The molecule has 0 spiro atoms. The van der Waals surface area contributed by atoms with E-state index in [0.717, 1.165) is 23.7 Å². The molecular weight excluding hydrogens is 276 g/mol. The number of carbonyl (C=O) groups is 1. The number of amides is 1. The molecule has 0 aliphatic carbocycles. The van der Waals surface area contributed by atoms with Gasteiger partial charge in [0.05, 0.1) is 18.2 Å². The van der Waals surface area contributed by atoms with E-state index in [-0.39, 0.29) is 5.91 Å². The molecule has 1 amide bonds. The van der Waals surface area contributed by atoms with E-state index in [1.807, 2.05) is 12.1 Å². The Morgan fingerprint density at radius 3 is 2.77 bits per heavy atom.